The maximum absolute atomic E-state index is 12.4. The van der Waals surface area contributed by atoms with Gasteiger partial charge in [0.05, 0.1) is 35.2 Å². The largest absolute Gasteiger partial charge is 0.465 e. The van der Waals surface area contributed by atoms with Crippen LogP contribution in [0.25, 0.3) is 0 Å². The third kappa shape index (κ3) is 5.25. The minimum absolute atomic E-state index is 0.0543. The maximum atomic E-state index is 12.4. The highest BCUT2D eigenvalue weighted by molar-refractivity contribution is 7.11. The van der Waals surface area contributed by atoms with Crippen molar-refractivity contribution in [1.82, 2.24) is 9.99 Å². The number of esters is 1. The number of amides is 1. The van der Waals surface area contributed by atoms with Crippen LogP contribution in [0.15, 0.2) is 58.4 Å². The van der Waals surface area contributed by atoms with Crippen molar-refractivity contribution in [1.29, 1.82) is 0 Å². The molecule has 0 radical (unpaired) electrons. The van der Waals surface area contributed by atoms with E-state index in [1.165, 1.54) is 36.1 Å². The third-order valence-electron chi connectivity index (χ3n) is 4.21. The number of thiazole rings is 1. The van der Waals surface area contributed by atoms with Gasteiger partial charge in [-0.1, -0.05) is 41.1 Å². The molecule has 2 aromatic carbocycles. The first-order valence-corrected chi connectivity index (χ1v) is 10.1. The SMILES string of the molecule is COC(=O)c1cccc(Cn2c(Cl)c(/C=N/NC(=O)c3cccc([N+](=O)[O-])c3)sc2=O)c1. The highest BCUT2D eigenvalue weighted by Gasteiger charge is 2.14. The molecule has 3 rings (SSSR count). The van der Waals surface area contributed by atoms with Crippen LogP contribution in [-0.2, 0) is 11.3 Å². The van der Waals surface area contributed by atoms with Crippen molar-refractivity contribution in [2.75, 3.05) is 7.11 Å². The van der Waals surface area contributed by atoms with Crippen LogP contribution in [0.4, 0.5) is 5.69 Å². The van der Waals surface area contributed by atoms with Gasteiger partial charge in [0.1, 0.15) is 5.15 Å². The number of non-ortho nitro benzene ring substituents is 1. The van der Waals surface area contributed by atoms with Crippen LogP contribution in [0, 0.1) is 10.1 Å². The molecule has 10 nitrogen and oxygen atoms in total. The van der Waals surface area contributed by atoms with Crippen LogP contribution in [-0.4, -0.2) is 34.7 Å². The molecule has 1 amide bonds. The fraction of sp³-hybridized carbons (Fsp3) is 0.100. The van der Waals surface area contributed by atoms with E-state index in [2.05, 4.69) is 10.5 Å². The Morgan fingerprint density at radius 1 is 1.25 bits per heavy atom. The average Bonchev–Trinajstić information content (AvgIpc) is 3.06. The van der Waals surface area contributed by atoms with Gasteiger partial charge in [-0.05, 0) is 23.8 Å². The molecule has 0 saturated carbocycles. The number of hydrogen-bond donors (Lipinski definition) is 1. The molecule has 0 aliphatic heterocycles. The molecule has 32 heavy (non-hydrogen) atoms. The summed E-state index contributed by atoms with van der Waals surface area (Å²) in [5.74, 6) is -1.16. The zero-order chi connectivity index (χ0) is 23.3. The van der Waals surface area contributed by atoms with Crippen LogP contribution in [0.3, 0.4) is 0 Å². The lowest BCUT2D eigenvalue weighted by Crippen LogP contribution is -2.17. The number of methoxy groups -OCH3 is 1. The number of hydrazone groups is 1. The van der Waals surface area contributed by atoms with Gasteiger partial charge in [-0.25, -0.2) is 10.2 Å². The Hall–Kier alpha value is -3.83. The maximum Gasteiger partial charge on any atom is 0.337 e. The number of aromatic nitrogens is 1. The highest BCUT2D eigenvalue weighted by atomic mass is 35.5. The molecule has 0 fully saturated rings. The van der Waals surface area contributed by atoms with E-state index >= 15 is 0 Å². The molecule has 0 unspecified atom stereocenters. The van der Waals surface area contributed by atoms with Gasteiger partial charge in [0.25, 0.3) is 11.6 Å². The summed E-state index contributed by atoms with van der Waals surface area (Å²) in [6.45, 7) is 0.118. The van der Waals surface area contributed by atoms with Gasteiger partial charge in [-0.15, -0.1) is 0 Å². The first-order valence-electron chi connectivity index (χ1n) is 8.94. The van der Waals surface area contributed by atoms with E-state index in [1.807, 2.05) is 0 Å². The molecule has 12 heteroatoms. The van der Waals surface area contributed by atoms with Crippen molar-refractivity contribution in [2.45, 2.75) is 6.54 Å². The summed E-state index contributed by atoms with van der Waals surface area (Å²) >= 11 is 7.12. The second-order valence-electron chi connectivity index (χ2n) is 6.31. The molecular weight excluding hydrogens is 460 g/mol. The summed E-state index contributed by atoms with van der Waals surface area (Å²) in [7, 11) is 1.28. The Morgan fingerprint density at radius 3 is 2.69 bits per heavy atom. The first kappa shape index (κ1) is 22.8. The number of hydrogen-bond acceptors (Lipinski definition) is 8. The predicted octanol–water partition coefficient (Wildman–Crippen LogP) is 3.07. The summed E-state index contributed by atoms with van der Waals surface area (Å²) in [4.78, 5) is 46.3. The zero-order valence-corrected chi connectivity index (χ0v) is 18.1. The van der Waals surface area contributed by atoms with Crippen molar-refractivity contribution in [2.24, 2.45) is 5.10 Å². The molecule has 1 aromatic heterocycles. The Balaban J connectivity index is 1.74. The van der Waals surface area contributed by atoms with E-state index in [4.69, 9.17) is 16.3 Å². The lowest BCUT2D eigenvalue weighted by atomic mass is 10.1. The van der Waals surface area contributed by atoms with Crippen LogP contribution < -0.4 is 10.3 Å². The van der Waals surface area contributed by atoms with Gasteiger partial charge in [-0.2, -0.15) is 5.10 Å². The smallest absolute Gasteiger partial charge is 0.337 e. The number of benzene rings is 2. The monoisotopic (exact) mass is 474 g/mol. The van der Waals surface area contributed by atoms with Crippen molar-refractivity contribution >= 4 is 46.7 Å². The van der Waals surface area contributed by atoms with Crippen LogP contribution in [0.1, 0.15) is 31.2 Å². The van der Waals surface area contributed by atoms with Crippen molar-refractivity contribution in [3.63, 3.8) is 0 Å². The number of nitro groups is 1. The number of nitro benzene ring substituents is 1. The number of ether oxygens (including phenoxy) is 1. The Morgan fingerprint density at radius 2 is 1.97 bits per heavy atom. The molecule has 3 aromatic rings. The van der Waals surface area contributed by atoms with Gasteiger partial charge >= 0.3 is 10.8 Å². The molecule has 164 valence electrons. The second-order valence-corrected chi connectivity index (χ2v) is 7.66. The van der Waals surface area contributed by atoms with E-state index in [0.29, 0.717) is 16.0 Å². The number of rotatable bonds is 7. The normalized spacial score (nSPS) is 10.8. The third-order valence-corrected chi connectivity index (χ3v) is 5.65. The minimum atomic E-state index is -0.660. The zero-order valence-electron chi connectivity index (χ0n) is 16.5. The molecule has 0 aliphatic carbocycles. The van der Waals surface area contributed by atoms with E-state index in [0.717, 1.165) is 17.4 Å². The Bertz CT molecular complexity index is 1280. The summed E-state index contributed by atoms with van der Waals surface area (Å²) in [5.41, 5.74) is 3.07. The Kier molecular flexibility index (Phi) is 7.13. The van der Waals surface area contributed by atoms with Crippen LogP contribution >= 0.6 is 22.9 Å². The van der Waals surface area contributed by atoms with E-state index in [-0.39, 0.29) is 27.8 Å². The van der Waals surface area contributed by atoms with Crippen molar-refractivity contribution < 1.29 is 19.2 Å². The topological polar surface area (TPSA) is 133 Å². The average molecular weight is 475 g/mol. The standard InChI is InChI=1S/C20H15ClN4O6S/c1-31-19(27)14-6-2-4-12(8-14)11-24-17(21)16(32-20(24)28)10-22-23-18(26)13-5-3-7-15(9-13)25(29)30/h2-10H,11H2,1H3,(H,23,26)/b22-10+. The highest BCUT2D eigenvalue weighted by Crippen LogP contribution is 2.19. The summed E-state index contributed by atoms with van der Waals surface area (Å²) in [6.07, 6.45) is 1.21. The van der Waals surface area contributed by atoms with Crippen molar-refractivity contribution in [3.05, 3.63) is 95.0 Å². The molecule has 0 spiro atoms. The summed E-state index contributed by atoms with van der Waals surface area (Å²) < 4.78 is 5.99. The van der Waals surface area contributed by atoms with Crippen molar-refractivity contribution in [3.8, 4) is 0 Å². The lowest BCUT2D eigenvalue weighted by molar-refractivity contribution is -0.384. The quantitative estimate of drug-likeness (QED) is 0.242. The predicted molar refractivity (Wildman–Crippen MR) is 119 cm³/mol. The molecule has 0 atom stereocenters. The van der Waals surface area contributed by atoms with E-state index in [1.54, 1.807) is 24.3 Å². The molecule has 0 saturated heterocycles. The van der Waals surface area contributed by atoms with Gasteiger partial charge in [-0.3, -0.25) is 24.3 Å². The second kappa shape index (κ2) is 9.98. The lowest BCUT2D eigenvalue weighted by Gasteiger charge is -2.06. The molecule has 0 aliphatic rings. The molecule has 1 N–H and O–H groups in total. The Labute approximate surface area is 189 Å². The summed E-state index contributed by atoms with van der Waals surface area (Å²) in [5, 5.41) is 14.7. The van der Waals surface area contributed by atoms with E-state index in [9.17, 15) is 24.5 Å². The van der Waals surface area contributed by atoms with Gasteiger partial charge in [0.2, 0.25) is 0 Å². The van der Waals surface area contributed by atoms with Crippen LogP contribution in [0.5, 0.6) is 0 Å². The van der Waals surface area contributed by atoms with Crippen LogP contribution in [0.2, 0.25) is 5.15 Å². The molecular formula is C20H15ClN4O6S. The van der Waals surface area contributed by atoms with Gasteiger partial charge in [0.15, 0.2) is 0 Å². The molecule has 1 heterocycles. The van der Waals surface area contributed by atoms with E-state index < -0.39 is 16.8 Å². The number of nitrogens with one attached hydrogen (secondary N) is 1. The fourth-order valence-electron chi connectivity index (χ4n) is 2.69. The minimum Gasteiger partial charge on any atom is -0.465 e. The number of carbonyl (C=O) groups is 2. The fourth-order valence-corrected chi connectivity index (χ4v) is 3.80. The summed E-state index contributed by atoms with van der Waals surface area (Å²) in [6, 6.07) is 11.8. The first-order chi connectivity index (χ1) is 15.3. The number of nitrogens with zero attached hydrogens (tertiary/aromatic N) is 3. The van der Waals surface area contributed by atoms with Gasteiger partial charge in [0, 0.05) is 17.7 Å². The van der Waals surface area contributed by atoms with Gasteiger partial charge < -0.3 is 4.74 Å². The number of carbonyl (C=O) groups excluding carboxylic acids is 2. The number of halogens is 1. The molecule has 0 bridgehead atoms.